The third-order valence-corrected chi connectivity index (χ3v) is 4.93. The van der Waals surface area contributed by atoms with Crippen LogP contribution in [0.25, 0.3) is 11.4 Å². The maximum atomic E-state index is 12.3. The van der Waals surface area contributed by atoms with Crippen LogP contribution in [0.4, 0.5) is 5.69 Å². The van der Waals surface area contributed by atoms with E-state index in [9.17, 15) is 14.9 Å². The molecule has 0 aliphatic heterocycles. The van der Waals surface area contributed by atoms with Crippen molar-refractivity contribution < 1.29 is 14.5 Å². The average Bonchev–Trinajstić information content (AvgIpc) is 3.19. The molecule has 0 spiro atoms. The molecule has 33 heavy (non-hydrogen) atoms. The molecule has 9 nitrogen and oxygen atoms in total. The third kappa shape index (κ3) is 5.08. The first-order chi connectivity index (χ1) is 15.9. The summed E-state index contributed by atoms with van der Waals surface area (Å²) in [7, 11) is 0. The van der Waals surface area contributed by atoms with E-state index in [0.29, 0.717) is 16.3 Å². The number of non-ortho nitro benzene ring substituents is 1. The molecule has 3 aromatic carbocycles. The number of nitrogens with one attached hydrogen (secondary N) is 1. The molecule has 0 saturated heterocycles. The number of aromatic nitrogens is 3. The molecule has 0 fully saturated rings. The summed E-state index contributed by atoms with van der Waals surface area (Å²) in [5.41, 5.74) is 2.65. The lowest BCUT2D eigenvalue weighted by atomic mass is 10.1. The second kappa shape index (κ2) is 9.37. The van der Waals surface area contributed by atoms with E-state index in [1.165, 1.54) is 28.9 Å². The van der Waals surface area contributed by atoms with E-state index in [-0.39, 0.29) is 11.3 Å². The molecule has 1 heterocycles. The molecule has 0 saturated carbocycles. The van der Waals surface area contributed by atoms with E-state index in [0.717, 1.165) is 16.7 Å². The SMILES string of the molecule is Cc1ccc(-c2n[nH]c(=S)n2N=Cc2ccc(OC(=O)c3cccc([N+](=O)[O-])c3)cc2)cc1. The zero-order valence-corrected chi connectivity index (χ0v) is 18.2. The van der Waals surface area contributed by atoms with Crippen LogP contribution in [-0.4, -0.2) is 32.0 Å². The first-order valence-electron chi connectivity index (χ1n) is 9.76. The van der Waals surface area contributed by atoms with Crippen LogP contribution >= 0.6 is 12.2 Å². The van der Waals surface area contributed by atoms with Crippen molar-refractivity contribution in [1.29, 1.82) is 0 Å². The van der Waals surface area contributed by atoms with Crippen molar-refractivity contribution in [3.05, 3.63) is 104 Å². The van der Waals surface area contributed by atoms with Gasteiger partial charge in [0.25, 0.3) is 5.69 Å². The Labute approximate surface area is 193 Å². The zero-order chi connectivity index (χ0) is 23.4. The summed E-state index contributed by atoms with van der Waals surface area (Å²) >= 11 is 5.29. The Balaban J connectivity index is 1.49. The molecule has 0 amide bonds. The molecule has 0 radical (unpaired) electrons. The van der Waals surface area contributed by atoms with Crippen LogP contribution in [0.15, 0.2) is 77.9 Å². The maximum absolute atomic E-state index is 12.3. The maximum Gasteiger partial charge on any atom is 0.343 e. The molecule has 1 aromatic heterocycles. The van der Waals surface area contributed by atoms with Gasteiger partial charge in [0.15, 0.2) is 5.82 Å². The first kappa shape index (κ1) is 21.8. The van der Waals surface area contributed by atoms with Gasteiger partial charge in [0.1, 0.15) is 5.75 Å². The first-order valence-corrected chi connectivity index (χ1v) is 10.2. The lowest BCUT2D eigenvalue weighted by Crippen LogP contribution is -2.08. The lowest BCUT2D eigenvalue weighted by Gasteiger charge is -2.05. The molecule has 164 valence electrons. The zero-order valence-electron chi connectivity index (χ0n) is 17.3. The van der Waals surface area contributed by atoms with E-state index < -0.39 is 10.9 Å². The number of esters is 1. The highest BCUT2D eigenvalue weighted by molar-refractivity contribution is 7.71. The number of carbonyl (C=O) groups is 1. The third-order valence-electron chi connectivity index (χ3n) is 4.67. The van der Waals surface area contributed by atoms with Gasteiger partial charge < -0.3 is 4.74 Å². The number of benzene rings is 3. The Morgan fingerprint density at radius 3 is 2.58 bits per heavy atom. The average molecular weight is 459 g/mol. The van der Waals surface area contributed by atoms with Crippen molar-refractivity contribution in [2.24, 2.45) is 5.10 Å². The number of nitrogens with zero attached hydrogens (tertiary/aromatic N) is 4. The summed E-state index contributed by atoms with van der Waals surface area (Å²) in [6.45, 7) is 2.00. The number of nitro groups is 1. The summed E-state index contributed by atoms with van der Waals surface area (Å²) in [5.74, 6) is 0.190. The van der Waals surface area contributed by atoms with Gasteiger partial charge in [-0.3, -0.25) is 10.1 Å². The van der Waals surface area contributed by atoms with Crippen LogP contribution in [0.3, 0.4) is 0 Å². The molecule has 1 N–H and O–H groups in total. The molecule has 4 aromatic rings. The van der Waals surface area contributed by atoms with Gasteiger partial charge in [-0.15, -0.1) is 0 Å². The highest BCUT2D eigenvalue weighted by Gasteiger charge is 2.13. The van der Waals surface area contributed by atoms with Gasteiger partial charge in [0.2, 0.25) is 4.77 Å². The van der Waals surface area contributed by atoms with Gasteiger partial charge in [-0.1, -0.05) is 35.9 Å². The highest BCUT2D eigenvalue weighted by atomic mass is 32.1. The van der Waals surface area contributed by atoms with E-state index in [2.05, 4.69) is 15.3 Å². The Bertz CT molecular complexity index is 1410. The molecule has 4 rings (SSSR count). The van der Waals surface area contributed by atoms with E-state index in [1.807, 2.05) is 31.2 Å². The number of rotatable bonds is 6. The molecule has 0 atom stereocenters. The van der Waals surface area contributed by atoms with Crippen LogP contribution in [0.2, 0.25) is 0 Å². The molecular weight excluding hydrogens is 442 g/mol. The van der Waals surface area contributed by atoms with Crippen molar-refractivity contribution in [2.75, 3.05) is 0 Å². The summed E-state index contributed by atoms with van der Waals surface area (Å²) in [6, 6.07) is 19.8. The second-order valence-corrected chi connectivity index (χ2v) is 7.43. The topological polar surface area (TPSA) is 115 Å². The van der Waals surface area contributed by atoms with Gasteiger partial charge in [0.05, 0.1) is 16.7 Å². The minimum atomic E-state index is -0.687. The van der Waals surface area contributed by atoms with E-state index in [1.54, 1.807) is 30.5 Å². The fraction of sp³-hybridized carbons (Fsp3) is 0.0435. The van der Waals surface area contributed by atoms with Crippen molar-refractivity contribution >= 4 is 30.1 Å². The number of carbonyl (C=O) groups excluding carboxylic acids is 1. The predicted octanol–water partition coefficient (Wildman–Crippen LogP) is 4.93. The number of aromatic amines is 1. The summed E-state index contributed by atoms with van der Waals surface area (Å²) in [5, 5.41) is 22.3. The van der Waals surface area contributed by atoms with Crippen molar-refractivity contribution in [1.82, 2.24) is 14.9 Å². The molecule has 0 aliphatic rings. The van der Waals surface area contributed by atoms with Crippen LogP contribution in [0, 0.1) is 21.8 Å². The molecule has 0 aliphatic carbocycles. The minimum absolute atomic E-state index is 0.0906. The molecule has 0 bridgehead atoms. The Hall–Kier alpha value is -4.44. The fourth-order valence-electron chi connectivity index (χ4n) is 2.95. The van der Waals surface area contributed by atoms with Crippen LogP contribution in [0.1, 0.15) is 21.5 Å². The number of H-pyrrole nitrogens is 1. The van der Waals surface area contributed by atoms with Crippen molar-refractivity contribution in [3.8, 4) is 17.1 Å². The monoisotopic (exact) mass is 459 g/mol. The number of ether oxygens (including phenoxy) is 1. The van der Waals surface area contributed by atoms with E-state index >= 15 is 0 Å². The molecule has 0 unspecified atom stereocenters. The standard InChI is InChI=1S/C23H17N5O4S/c1-15-5-9-17(10-6-15)21-25-26-23(33)27(21)24-14-16-7-11-20(12-8-16)32-22(29)18-3-2-4-19(13-18)28(30)31/h2-14H,1H3,(H,26,33). The van der Waals surface area contributed by atoms with Crippen molar-refractivity contribution in [2.45, 2.75) is 6.92 Å². The number of aryl methyl sites for hydroxylation is 1. The van der Waals surface area contributed by atoms with Crippen LogP contribution in [-0.2, 0) is 0 Å². The Morgan fingerprint density at radius 1 is 1.15 bits per heavy atom. The molecular formula is C23H17N5O4S. The second-order valence-electron chi connectivity index (χ2n) is 7.04. The smallest absolute Gasteiger partial charge is 0.343 e. The number of hydrogen-bond donors (Lipinski definition) is 1. The number of nitro benzene ring substituents is 1. The highest BCUT2D eigenvalue weighted by Crippen LogP contribution is 2.19. The normalized spacial score (nSPS) is 10.9. The van der Waals surface area contributed by atoms with Gasteiger partial charge in [-0.05, 0) is 55.0 Å². The number of hydrogen-bond acceptors (Lipinski definition) is 7. The Kier molecular flexibility index (Phi) is 6.18. The van der Waals surface area contributed by atoms with Gasteiger partial charge in [0, 0.05) is 17.7 Å². The lowest BCUT2D eigenvalue weighted by molar-refractivity contribution is -0.384. The van der Waals surface area contributed by atoms with Gasteiger partial charge in [-0.2, -0.15) is 14.9 Å². The largest absolute Gasteiger partial charge is 0.423 e. The van der Waals surface area contributed by atoms with Gasteiger partial charge in [-0.25, -0.2) is 9.89 Å². The van der Waals surface area contributed by atoms with E-state index in [4.69, 9.17) is 17.0 Å². The predicted molar refractivity (Wildman–Crippen MR) is 125 cm³/mol. The van der Waals surface area contributed by atoms with Gasteiger partial charge >= 0.3 is 5.97 Å². The quantitative estimate of drug-likeness (QED) is 0.109. The molecule has 10 heteroatoms. The van der Waals surface area contributed by atoms with Crippen LogP contribution in [0.5, 0.6) is 5.75 Å². The minimum Gasteiger partial charge on any atom is -0.423 e. The summed E-state index contributed by atoms with van der Waals surface area (Å²) < 4.78 is 7.18. The fourth-order valence-corrected chi connectivity index (χ4v) is 3.13. The summed E-state index contributed by atoms with van der Waals surface area (Å²) in [6.07, 6.45) is 1.61. The summed E-state index contributed by atoms with van der Waals surface area (Å²) in [4.78, 5) is 22.6. The van der Waals surface area contributed by atoms with Crippen molar-refractivity contribution in [3.63, 3.8) is 0 Å². The van der Waals surface area contributed by atoms with Crippen LogP contribution < -0.4 is 4.74 Å². The Morgan fingerprint density at radius 2 is 1.88 bits per heavy atom.